The first-order valence-corrected chi connectivity index (χ1v) is 7.71. The number of carbonyl (C=O) groups excluding carboxylic acids is 1. The molecule has 0 bridgehead atoms. The molecule has 1 aliphatic rings. The van der Waals surface area contributed by atoms with Crippen molar-refractivity contribution in [2.45, 2.75) is 38.6 Å². The van der Waals surface area contributed by atoms with Crippen LogP contribution in [-0.4, -0.2) is 42.3 Å². The fraction of sp³-hybridized carbons (Fsp3) is 0.529. The second-order valence-corrected chi connectivity index (χ2v) is 6.07. The normalized spacial score (nSPS) is 20.3. The Labute approximate surface area is 135 Å². The third kappa shape index (κ3) is 4.96. The zero-order valence-electron chi connectivity index (χ0n) is 13.6. The Morgan fingerprint density at radius 3 is 2.78 bits per heavy atom. The Bertz CT molecular complexity index is 578. The average Bonchev–Trinajstić information content (AvgIpc) is 2.88. The fourth-order valence-corrected chi connectivity index (χ4v) is 2.75. The number of aliphatic carboxylic acids is 1. The molecule has 0 spiro atoms. The van der Waals surface area contributed by atoms with Gasteiger partial charge in [0.05, 0.1) is 31.6 Å². The molecule has 2 rings (SSSR count). The van der Waals surface area contributed by atoms with Crippen molar-refractivity contribution < 1.29 is 24.2 Å². The van der Waals surface area contributed by atoms with E-state index in [1.54, 1.807) is 0 Å². The van der Waals surface area contributed by atoms with Crippen LogP contribution in [-0.2, 0) is 14.3 Å². The molecule has 1 unspecified atom stereocenters. The summed E-state index contributed by atoms with van der Waals surface area (Å²) in [4.78, 5) is 23.0. The molecule has 0 saturated carbocycles. The first kappa shape index (κ1) is 17.3. The van der Waals surface area contributed by atoms with Gasteiger partial charge in [0.25, 0.3) is 0 Å². The minimum atomic E-state index is -0.942. The number of carbonyl (C=O) groups is 2. The molecule has 0 aromatic heterocycles. The lowest BCUT2D eigenvalue weighted by molar-refractivity contribution is -0.139. The first-order valence-electron chi connectivity index (χ1n) is 7.71. The molecular weight excluding hydrogens is 298 g/mol. The Morgan fingerprint density at radius 1 is 1.39 bits per heavy atom. The molecule has 2 N–H and O–H groups in total. The number of amides is 1. The maximum atomic E-state index is 12.1. The molecule has 1 saturated heterocycles. The Morgan fingerprint density at radius 2 is 2.17 bits per heavy atom. The minimum absolute atomic E-state index is 0.128. The van der Waals surface area contributed by atoms with E-state index in [4.69, 9.17) is 14.6 Å². The molecular formula is C17H23NO5. The molecule has 23 heavy (non-hydrogen) atoms. The van der Waals surface area contributed by atoms with Gasteiger partial charge < -0.3 is 19.9 Å². The van der Waals surface area contributed by atoms with Gasteiger partial charge in [-0.05, 0) is 31.9 Å². The lowest BCUT2D eigenvalue weighted by Crippen LogP contribution is -2.50. The predicted octanol–water partition coefficient (Wildman–Crippen LogP) is 1.82. The second kappa shape index (κ2) is 7.46. The molecule has 1 fully saturated rings. The average molecular weight is 321 g/mol. The Kier molecular flexibility index (Phi) is 5.60. The molecule has 0 aliphatic carbocycles. The Balaban J connectivity index is 1.83. The van der Waals surface area contributed by atoms with Crippen LogP contribution in [0.2, 0.25) is 0 Å². The van der Waals surface area contributed by atoms with E-state index in [9.17, 15) is 9.59 Å². The van der Waals surface area contributed by atoms with Crippen LogP contribution in [0.4, 0.5) is 0 Å². The van der Waals surface area contributed by atoms with Gasteiger partial charge in [-0.1, -0.05) is 17.7 Å². The molecule has 1 aromatic carbocycles. The predicted molar refractivity (Wildman–Crippen MR) is 84.6 cm³/mol. The Hall–Kier alpha value is -2.08. The summed E-state index contributed by atoms with van der Waals surface area (Å²) in [5, 5.41) is 11.8. The lowest BCUT2D eigenvalue weighted by Gasteiger charge is -2.27. The van der Waals surface area contributed by atoms with Gasteiger partial charge in [0.1, 0.15) is 5.75 Å². The molecule has 1 heterocycles. The van der Waals surface area contributed by atoms with E-state index in [2.05, 4.69) is 5.32 Å². The fourth-order valence-electron chi connectivity index (χ4n) is 2.75. The standard InChI is InChI=1S/C17H23NO5/c1-12-3-4-14(13(2)9-12)23-7-5-15(19)18-17(10-16(20)21)6-8-22-11-17/h3-4,9H,5-8,10-11H2,1-2H3,(H,18,19)(H,20,21). The summed E-state index contributed by atoms with van der Waals surface area (Å²) in [5.74, 6) is -0.406. The zero-order valence-corrected chi connectivity index (χ0v) is 13.6. The summed E-state index contributed by atoms with van der Waals surface area (Å²) >= 11 is 0. The lowest BCUT2D eigenvalue weighted by atomic mass is 9.94. The van der Waals surface area contributed by atoms with Crippen LogP contribution >= 0.6 is 0 Å². The van der Waals surface area contributed by atoms with Crippen LogP contribution in [0.15, 0.2) is 18.2 Å². The van der Waals surface area contributed by atoms with E-state index in [1.165, 1.54) is 0 Å². The van der Waals surface area contributed by atoms with Crippen LogP contribution in [0.3, 0.4) is 0 Å². The molecule has 1 amide bonds. The van der Waals surface area contributed by atoms with Crippen LogP contribution in [0.5, 0.6) is 5.75 Å². The van der Waals surface area contributed by atoms with E-state index >= 15 is 0 Å². The first-order chi connectivity index (χ1) is 10.9. The maximum absolute atomic E-state index is 12.1. The molecule has 1 aliphatic heterocycles. The van der Waals surface area contributed by atoms with Crippen molar-refractivity contribution in [3.05, 3.63) is 29.3 Å². The zero-order chi connectivity index (χ0) is 16.9. The molecule has 6 heteroatoms. The summed E-state index contributed by atoms with van der Waals surface area (Å²) in [6.45, 7) is 4.92. The number of hydrogen-bond donors (Lipinski definition) is 2. The van der Waals surface area contributed by atoms with Crippen LogP contribution in [0, 0.1) is 13.8 Å². The van der Waals surface area contributed by atoms with Gasteiger partial charge in [0.15, 0.2) is 0 Å². The van der Waals surface area contributed by atoms with Crippen molar-refractivity contribution in [2.24, 2.45) is 0 Å². The number of carboxylic acid groups (broad SMARTS) is 1. The van der Waals surface area contributed by atoms with Crippen LogP contribution < -0.4 is 10.1 Å². The van der Waals surface area contributed by atoms with E-state index in [0.29, 0.717) is 13.0 Å². The molecule has 1 atom stereocenters. The SMILES string of the molecule is Cc1ccc(OCCC(=O)NC2(CC(=O)O)CCOC2)c(C)c1. The number of carboxylic acids is 1. The number of aryl methyl sites for hydroxylation is 2. The summed E-state index contributed by atoms with van der Waals surface area (Å²) < 4.78 is 10.9. The van der Waals surface area contributed by atoms with Gasteiger partial charge in [-0.2, -0.15) is 0 Å². The quantitative estimate of drug-likeness (QED) is 0.800. The number of benzene rings is 1. The van der Waals surface area contributed by atoms with E-state index in [0.717, 1.165) is 16.9 Å². The van der Waals surface area contributed by atoms with Gasteiger partial charge in [-0.25, -0.2) is 0 Å². The number of ether oxygens (including phenoxy) is 2. The molecule has 1 aromatic rings. The van der Waals surface area contributed by atoms with E-state index < -0.39 is 11.5 Å². The van der Waals surface area contributed by atoms with E-state index in [-0.39, 0.29) is 32.0 Å². The van der Waals surface area contributed by atoms with Gasteiger partial charge in [0, 0.05) is 6.61 Å². The largest absolute Gasteiger partial charge is 0.493 e. The van der Waals surface area contributed by atoms with Crippen molar-refractivity contribution in [3.63, 3.8) is 0 Å². The molecule has 0 radical (unpaired) electrons. The molecule has 6 nitrogen and oxygen atoms in total. The minimum Gasteiger partial charge on any atom is -0.493 e. The highest BCUT2D eigenvalue weighted by atomic mass is 16.5. The summed E-state index contributed by atoms with van der Waals surface area (Å²) in [6.07, 6.45) is 0.564. The number of nitrogens with one attached hydrogen (secondary N) is 1. The third-order valence-electron chi connectivity index (χ3n) is 3.91. The summed E-state index contributed by atoms with van der Waals surface area (Å²) in [7, 11) is 0. The van der Waals surface area contributed by atoms with Crippen LogP contribution in [0.1, 0.15) is 30.4 Å². The van der Waals surface area contributed by atoms with Gasteiger partial charge >= 0.3 is 5.97 Å². The number of rotatable bonds is 7. The van der Waals surface area contributed by atoms with Crippen molar-refractivity contribution in [2.75, 3.05) is 19.8 Å². The second-order valence-electron chi connectivity index (χ2n) is 6.07. The summed E-state index contributed by atoms with van der Waals surface area (Å²) in [6, 6.07) is 5.87. The van der Waals surface area contributed by atoms with Crippen LogP contribution in [0.25, 0.3) is 0 Å². The van der Waals surface area contributed by atoms with Gasteiger partial charge in [-0.15, -0.1) is 0 Å². The smallest absolute Gasteiger partial charge is 0.305 e. The van der Waals surface area contributed by atoms with Gasteiger partial charge in [-0.3, -0.25) is 9.59 Å². The highest BCUT2D eigenvalue weighted by Crippen LogP contribution is 2.23. The topological polar surface area (TPSA) is 84.9 Å². The highest BCUT2D eigenvalue weighted by Gasteiger charge is 2.38. The monoisotopic (exact) mass is 321 g/mol. The van der Waals surface area contributed by atoms with Gasteiger partial charge in [0.2, 0.25) is 5.91 Å². The van der Waals surface area contributed by atoms with Crippen molar-refractivity contribution in [3.8, 4) is 5.75 Å². The van der Waals surface area contributed by atoms with Crippen molar-refractivity contribution >= 4 is 11.9 Å². The third-order valence-corrected chi connectivity index (χ3v) is 3.91. The number of hydrogen-bond acceptors (Lipinski definition) is 4. The summed E-state index contributed by atoms with van der Waals surface area (Å²) in [5.41, 5.74) is 1.39. The highest BCUT2D eigenvalue weighted by molar-refractivity contribution is 5.78. The maximum Gasteiger partial charge on any atom is 0.305 e. The van der Waals surface area contributed by atoms with Crippen molar-refractivity contribution in [1.29, 1.82) is 0 Å². The van der Waals surface area contributed by atoms with Crippen molar-refractivity contribution in [1.82, 2.24) is 5.32 Å². The van der Waals surface area contributed by atoms with E-state index in [1.807, 2.05) is 32.0 Å². The molecule has 126 valence electrons.